The second-order valence-electron chi connectivity index (χ2n) is 8.73. The first-order chi connectivity index (χ1) is 17.0. The highest BCUT2D eigenvalue weighted by atomic mass is 16.5. The molecule has 2 N–H and O–H groups in total. The van der Waals surface area contributed by atoms with Crippen LogP contribution in [0.2, 0.25) is 0 Å². The number of aliphatic carboxylic acids is 1. The van der Waals surface area contributed by atoms with Crippen LogP contribution in [0.5, 0.6) is 0 Å². The maximum atomic E-state index is 12.8. The number of rotatable bonds is 5. The van der Waals surface area contributed by atoms with Gasteiger partial charge in [-0.25, -0.2) is 14.6 Å². The van der Waals surface area contributed by atoms with E-state index in [0.29, 0.717) is 18.7 Å². The number of nitrogens with one attached hydrogen (secondary N) is 1. The molecule has 2 heterocycles. The molecule has 35 heavy (non-hydrogen) atoms. The molecule has 2 amide bonds. The molecule has 0 radical (unpaired) electrons. The number of piperidine rings is 1. The van der Waals surface area contributed by atoms with E-state index < -0.39 is 24.0 Å². The van der Waals surface area contributed by atoms with Crippen molar-refractivity contribution in [3.8, 4) is 11.1 Å². The molecule has 0 saturated carbocycles. The molecule has 1 saturated heterocycles. The Hall–Kier alpha value is -4.20. The molecule has 8 nitrogen and oxygen atoms in total. The van der Waals surface area contributed by atoms with Crippen molar-refractivity contribution in [3.63, 3.8) is 0 Å². The molecule has 0 bridgehead atoms. The molecule has 8 heteroatoms. The molecule has 1 aliphatic carbocycles. The Labute approximate surface area is 202 Å². The minimum atomic E-state index is -1.01. The summed E-state index contributed by atoms with van der Waals surface area (Å²) in [5.74, 6) is -1.48. The molecule has 2 aliphatic rings. The van der Waals surface area contributed by atoms with Crippen LogP contribution >= 0.6 is 0 Å². The molecule has 1 aromatic heterocycles. The fraction of sp³-hybridized carbons (Fsp3) is 0.259. The molecule has 0 spiro atoms. The summed E-state index contributed by atoms with van der Waals surface area (Å²) < 4.78 is 5.54. The van der Waals surface area contributed by atoms with Crippen LogP contribution < -0.4 is 5.32 Å². The number of hydrogen-bond acceptors (Lipinski definition) is 5. The van der Waals surface area contributed by atoms with E-state index in [1.807, 2.05) is 24.3 Å². The molecule has 178 valence electrons. The Morgan fingerprint density at radius 2 is 1.66 bits per heavy atom. The molecule has 2 aromatic carbocycles. The Morgan fingerprint density at radius 3 is 2.29 bits per heavy atom. The van der Waals surface area contributed by atoms with E-state index in [9.17, 15) is 19.5 Å². The van der Waals surface area contributed by atoms with Crippen molar-refractivity contribution in [2.75, 3.05) is 18.5 Å². The van der Waals surface area contributed by atoms with Gasteiger partial charge in [-0.3, -0.25) is 10.1 Å². The van der Waals surface area contributed by atoms with Crippen LogP contribution in [0.1, 0.15) is 46.8 Å². The zero-order valence-corrected chi connectivity index (χ0v) is 19.0. The highest BCUT2D eigenvalue weighted by Gasteiger charge is 2.33. The SMILES string of the molecule is O=C(Nc1ccc(C(=O)N2CCCC[C@@H]2C(=O)O)nc1)OCC1c2ccccc2-c2ccccc21. The van der Waals surface area contributed by atoms with E-state index in [1.165, 1.54) is 17.2 Å². The van der Waals surface area contributed by atoms with E-state index in [1.54, 1.807) is 6.07 Å². The molecule has 5 rings (SSSR count). The lowest BCUT2D eigenvalue weighted by molar-refractivity contribution is -0.143. The number of carboxylic acid groups (broad SMARTS) is 1. The third-order valence-corrected chi connectivity index (χ3v) is 6.62. The van der Waals surface area contributed by atoms with Crippen molar-refractivity contribution < 1.29 is 24.2 Å². The quantitative estimate of drug-likeness (QED) is 0.566. The monoisotopic (exact) mass is 471 g/mol. The summed E-state index contributed by atoms with van der Waals surface area (Å²) in [7, 11) is 0. The Kier molecular flexibility index (Phi) is 6.18. The van der Waals surface area contributed by atoms with Crippen molar-refractivity contribution in [2.45, 2.75) is 31.2 Å². The topological polar surface area (TPSA) is 109 Å². The van der Waals surface area contributed by atoms with Crippen LogP contribution in [0.4, 0.5) is 10.5 Å². The maximum Gasteiger partial charge on any atom is 0.411 e. The highest BCUT2D eigenvalue weighted by Crippen LogP contribution is 2.44. The van der Waals surface area contributed by atoms with E-state index in [4.69, 9.17) is 4.74 Å². The van der Waals surface area contributed by atoms with Gasteiger partial charge < -0.3 is 14.7 Å². The average Bonchev–Trinajstić information content (AvgIpc) is 3.21. The predicted molar refractivity (Wildman–Crippen MR) is 129 cm³/mol. The van der Waals surface area contributed by atoms with Crippen molar-refractivity contribution >= 4 is 23.7 Å². The van der Waals surface area contributed by atoms with Crippen molar-refractivity contribution in [1.82, 2.24) is 9.88 Å². The van der Waals surface area contributed by atoms with Gasteiger partial charge in [-0.05, 0) is 53.6 Å². The molecule has 1 atom stereocenters. The standard InChI is InChI=1S/C27H25N3O5/c31-25(30-14-6-5-11-24(30)26(32)33)23-13-12-17(15-28-23)29-27(34)35-16-22-20-9-3-1-7-18(20)19-8-2-4-10-21(19)22/h1-4,7-10,12-13,15,22,24H,5-6,11,14,16H2,(H,29,34)(H,32,33)/t24-/m1/s1. The average molecular weight is 472 g/mol. The fourth-order valence-corrected chi connectivity index (χ4v) is 4.93. The van der Waals surface area contributed by atoms with Crippen molar-refractivity contribution in [2.24, 2.45) is 0 Å². The zero-order chi connectivity index (χ0) is 24.4. The number of carbonyl (C=O) groups excluding carboxylic acids is 2. The van der Waals surface area contributed by atoms with E-state index in [-0.39, 0.29) is 18.2 Å². The lowest BCUT2D eigenvalue weighted by Crippen LogP contribution is -2.48. The Morgan fingerprint density at radius 1 is 0.971 bits per heavy atom. The maximum absolute atomic E-state index is 12.8. The van der Waals surface area contributed by atoms with Crippen LogP contribution in [-0.4, -0.2) is 52.2 Å². The highest BCUT2D eigenvalue weighted by molar-refractivity contribution is 5.95. The number of ether oxygens (including phenoxy) is 1. The van der Waals surface area contributed by atoms with Gasteiger partial charge in [-0.1, -0.05) is 48.5 Å². The van der Waals surface area contributed by atoms with Crippen molar-refractivity contribution in [3.05, 3.63) is 83.7 Å². The second kappa shape index (κ2) is 9.58. The summed E-state index contributed by atoms with van der Waals surface area (Å²) in [6.45, 7) is 0.576. The summed E-state index contributed by atoms with van der Waals surface area (Å²) in [5.41, 5.74) is 5.08. The van der Waals surface area contributed by atoms with Gasteiger partial charge in [0.25, 0.3) is 5.91 Å². The van der Waals surface area contributed by atoms with Crippen LogP contribution in [0.25, 0.3) is 11.1 Å². The number of benzene rings is 2. The predicted octanol–water partition coefficient (Wildman–Crippen LogP) is 4.52. The largest absolute Gasteiger partial charge is 0.480 e. The van der Waals surface area contributed by atoms with Crippen LogP contribution in [0.3, 0.4) is 0 Å². The van der Waals surface area contributed by atoms with Crippen molar-refractivity contribution in [1.29, 1.82) is 0 Å². The molecular formula is C27H25N3O5. The summed E-state index contributed by atoms with van der Waals surface area (Å²) in [4.78, 5) is 42.3. The molecular weight excluding hydrogens is 446 g/mol. The molecule has 1 aliphatic heterocycles. The third kappa shape index (κ3) is 4.47. The van der Waals surface area contributed by atoms with E-state index >= 15 is 0 Å². The van der Waals surface area contributed by atoms with Gasteiger partial charge >= 0.3 is 12.1 Å². The van der Waals surface area contributed by atoms with E-state index in [0.717, 1.165) is 35.1 Å². The number of carboxylic acids is 1. The zero-order valence-electron chi connectivity index (χ0n) is 19.0. The number of fused-ring (bicyclic) bond motifs is 3. The second-order valence-corrected chi connectivity index (χ2v) is 8.73. The lowest BCUT2D eigenvalue weighted by Gasteiger charge is -2.32. The smallest absolute Gasteiger partial charge is 0.411 e. The fourth-order valence-electron chi connectivity index (χ4n) is 4.93. The van der Waals surface area contributed by atoms with Gasteiger partial charge in [0.2, 0.25) is 0 Å². The van der Waals surface area contributed by atoms with Gasteiger partial charge in [0.1, 0.15) is 18.3 Å². The number of pyridine rings is 1. The molecule has 3 aromatic rings. The number of amides is 2. The summed E-state index contributed by atoms with van der Waals surface area (Å²) >= 11 is 0. The van der Waals surface area contributed by atoms with Gasteiger partial charge in [-0.2, -0.15) is 0 Å². The first kappa shape index (κ1) is 22.6. The minimum absolute atomic E-state index is 0.0435. The molecule has 1 fully saturated rings. The van der Waals surface area contributed by atoms with Gasteiger partial charge in [0, 0.05) is 12.5 Å². The minimum Gasteiger partial charge on any atom is -0.480 e. The van der Waals surface area contributed by atoms with Gasteiger partial charge in [0.05, 0.1) is 11.9 Å². The molecule has 0 unspecified atom stereocenters. The first-order valence-corrected chi connectivity index (χ1v) is 11.6. The number of nitrogens with zero attached hydrogens (tertiary/aromatic N) is 2. The number of hydrogen-bond donors (Lipinski definition) is 2. The van der Waals surface area contributed by atoms with Crippen LogP contribution in [0, 0.1) is 0 Å². The third-order valence-electron chi connectivity index (χ3n) is 6.62. The summed E-state index contributed by atoms with van der Waals surface area (Å²) in [6.07, 6.45) is 2.72. The number of carbonyl (C=O) groups is 3. The summed E-state index contributed by atoms with van der Waals surface area (Å²) in [6, 6.07) is 18.4. The lowest BCUT2D eigenvalue weighted by atomic mass is 9.98. The van der Waals surface area contributed by atoms with Crippen LogP contribution in [-0.2, 0) is 9.53 Å². The van der Waals surface area contributed by atoms with Crippen LogP contribution in [0.15, 0.2) is 66.9 Å². The Bertz CT molecular complexity index is 1230. The summed E-state index contributed by atoms with van der Waals surface area (Å²) in [5, 5.41) is 12.1. The van der Waals surface area contributed by atoms with Gasteiger partial charge in [0.15, 0.2) is 0 Å². The first-order valence-electron chi connectivity index (χ1n) is 11.6. The Balaban J connectivity index is 1.21. The number of anilines is 1. The normalized spacial score (nSPS) is 16.8. The number of likely N-dealkylation sites (tertiary alicyclic amines) is 1. The number of aromatic nitrogens is 1. The van der Waals surface area contributed by atoms with E-state index in [2.05, 4.69) is 34.6 Å². The van der Waals surface area contributed by atoms with Gasteiger partial charge in [-0.15, -0.1) is 0 Å².